The normalized spacial score (nSPS) is 15.9. The molecule has 0 saturated heterocycles. The van der Waals surface area contributed by atoms with E-state index in [0.717, 1.165) is 0 Å². The third kappa shape index (κ3) is 2.18. The molecule has 4 heterocycles. The first-order valence-electron chi connectivity index (χ1n) is 13.1. The van der Waals surface area contributed by atoms with Gasteiger partial charge in [-0.25, -0.2) is 0 Å². The minimum Gasteiger partial charge on any atom is -0.316 e. The zero-order chi connectivity index (χ0) is 24.5. The largest absolute Gasteiger partial charge is 0.316 e. The molecule has 174 valence electrons. The summed E-state index contributed by atoms with van der Waals surface area (Å²) in [4.78, 5) is 5.11. The first kappa shape index (κ1) is 19.7. The van der Waals surface area contributed by atoms with Gasteiger partial charge in [-0.15, -0.1) is 0 Å². The zero-order valence-electron chi connectivity index (χ0n) is 20.8. The summed E-state index contributed by atoms with van der Waals surface area (Å²) < 4.78 is 2.59. The van der Waals surface area contributed by atoms with Crippen LogP contribution in [0.5, 0.6) is 0 Å². The molecular formula is C33H24BN3. The Balaban J connectivity index is 1.49. The van der Waals surface area contributed by atoms with Crippen molar-refractivity contribution < 1.29 is 0 Å². The SMILES string of the molecule is CC1(C)N(c2ccccc2)c2ccc3c4cccc5c4n4c3c2N1c1cccc(c1-4)B5c1ccccc1. The number of fused-ring (bicyclic) bond motifs is 2. The monoisotopic (exact) mass is 473 g/mol. The molecule has 6 aromatic rings. The zero-order valence-corrected chi connectivity index (χ0v) is 20.8. The summed E-state index contributed by atoms with van der Waals surface area (Å²) in [5.74, 6) is 0. The third-order valence-electron chi connectivity index (χ3n) is 8.77. The highest BCUT2D eigenvalue weighted by molar-refractivity contribution is 6.98. The van der Waals surface area contributed by atoms with Crippen LogP contribution < -0.4 is 26.2 Å². The molecule has 3 aliphatic rings. The molecule has 3 nitrogen and oxygen atoms in total. The van der Waals surface area contributed by atoms with Crippen molar-refractivity contribution in [3.05, 3.63) is 109 Å². The van der Waals surface area contributed by atoms with E-state index in [9.17, 15) is 0 Å². The van der Waals surface area contributed by atoms with Gasteiger partial charge in [0.05, 0.1) is 28.3 Å². The van der Waals surface area contributed by atoms with Crippen LogP contribution in [-0.2, 0) is 0 Å². The van der Waals surface area contributed by atoms with E-state index in [4.69, 9.17) is 0 Å². The summed E-state index contributed by atoms with van der Waals surface area (Å²) in [6.45, 7) is 4.91. The lowest BCUT2D eigenvalue weighted by Crippen LogP contribution is -2.57. The number of aromatic nitrogens is 1. The van der Waals surface area contributed by atoms with Crippen LogP contribution in [0.1, 0.15) is 13.8 Å². The Morgan fingerprint density at radius 1 is 0.541 bits per heavy atom. The van der Waals surface area contributed by atoms with Crippen molar-refractivity contribution >= 4 is 67.7 Å². The summed E-state index contributed by atoms with van der Waals surface area (Å²) in [7, 11) is 0. The van der Waals surface area contributed by atoms with Crippen LogP contribution in [0.2, 0.25) is 0 Å². The van der Waals surface area contributed by atoms with E-state index in [1.54, 1.807) is 0 Å². The second-order valence-electron chi connectivity index (χ2n) is 11.0. The van der Waals surface area contributed by atoms with E-state index in [1.165, 1.54) is 66.6 Å². The van der Waals surface area contributed by atoms with Crippen LogP contribution in [0.15, 0.2) is 109 Å². The summed E-state index contributed by atoms with van der Waals surface area (Å²) >= 11 is 0. The topological polar surface area (TPSA) is 11.4 Å². The Hall–Kier alpha value is -4.44. The fourth-order valence-electron chi connectivity index (χ4n) is 7.50. The molecule has 0 N–H and O–H groups in total. The van der Waals surface area contributed by atoms with Crippen molar-refractivity contribution in [2.24, 2.45) is 0 Å². The molecule has 0 bridgehead atoms. The minimum atomic E-state index is -0.280. The van der Waals surface area contributed by atoms with Gasteiger partial charge in [0.2, 0.25) is 6.71 Å². The maximum atomic E-state index is 2.60. The van der Waals surface area contributed by atoms with Crippen LogP contribution in [-0.4, -0.2) is 16.9 Å². The smallest absolute Gasteiger partial charge is 0.246 e. The van der Waals surface area contributed by atoms with Gasteiger partial charge in [-0.2, -0.15) is 0 Å². The Morgan fingerprint density at radius 2 is 1.22 bits per heavy atom. The maximum Gasteiger partial charge on any atom is 0.246 e. The van der Waals surface area contributed by atoms with Crippen molar-refractivity contribution in [1.82, 2.24) is 4.57 Å². The van der Waals surface area contributed by atoms with Gasteiger partial charge in [-0.1, -0.05) is 84.3 Å². The molecule has 1 aromatic heterocycles. The molecule has 0 amide bonds. The first-order chi connectivity index (χ1) is 18.2. The van der Waals surface area contributed by atoms with Gasteiger partial charge >= 0.3 is 0 Å². The maximum absolute atomic E-state index is 2.60. The summed E-state index contributed by atoms with van der Waals surface area (Å²) in [5, 5.41) is 2.68. The molecule has 9 rings (SSSR count). The average Bonchev–Trinajstić information content (AvgIpc) is 3.39. The van der Waals surface area contributed by atoms with Gasteiger partial charge in [0.15, 0.2) is 0 Å². The number of rotatable bonds is 2. The molecule has 0 radical (unpaired) electrons. The summed E-state index contributed by atoms with van der Waals surface area (Å²) in [6.07, 6.45) is 0. The molecule has 3 aliphatic heterocycles. The van der Waals surface area contributed by atoms with Gasteiger partial charge in [-0.3, -0.25) is 0 Å². The number of hydrogen-bond donors (Lipinski definition) is 0. The number of para-hydroxylation sites is 3. The lowest BCUT2D eigenvalue weighted by atomic mass is 9.35. The average molecular weight is 473 g/mol. The molecule has 5 aromatic carbocycles. The molecule has 0 fully saturated rings. The Kier molecular flexibility index (Phi) is 3.44. The van der Waals surface area contributed by atoms with Crippen LogP contribution in [0.3, 0.4) is 0 Å². The van der Waals surface area contributed by atoms with Crippen molar-refractivity contribution in [3.8, 4) is 5.69 Å². The summed E-state index contributed by atoms with van der Waals surface area (Å²) in [6, 6.07) is 40.3. The van der Waals surface area contributed by atoms with E-state index in [2.05, 4.69) is 137 Å². The first-order valence-corrected chi connectivity index (χ1v) is 13.1. The number of anilines is 4. The fourth-order valence-corrected chi connectivity index (χ4v) is 7.50. The van der Waals surface area contributed by atoms with Crippen molar-refractivity contribution in [2.45, 2.75) is 19.5 Å². The highest BCUT2D eigenvalue weighted by atomic mass is 15.5. The van der Waals surface area contributed by atoms with Gasteiger partial charge in [0.1, 0.15) is 5.66 Å². The molecule has 0 aliphatic carbocycles. The molecule has 4 heteroatoms. The Bertz CT molecular complexity index is 1920. The van der Waals surface area contributed by atoms with Crippen molar-refractivity contribution in [1.29, 1.82) is 0 Å². The van der Waals surface area contributed by atoms with E-state index in [-0.39, 0.29) is 12.4 Å². The second-order valence-corrected chi connectivity index (χ2v) is 11.0. The standard InChI is InChI=1S/C33H24BN3/c1-33(2)36(22-13-7-4-8-14-22)28-20-19-24-23-15-9-16-25-29(23)35-30(24)32(28)37(33)27-18-10-17-26(31(27)35)34(25)21-11-5-3-6-12-21/h3-20H,1-2H3. The van der Waals surface area contributed by atoms with E-state index < -0.39 is 0 Å². The lowest BCUT2D eigenvalue weighted by molar-refractivity contribution is 0.539. The van der Waals surface area contributed by atoms with Crippen LogP contribution >= 0.6 is 0 Å². The minimum absolute atomic E-state index is 0.202. The molecule has 0 atom stereocenters. The Morgan fingerprint density at radius 3 is 2.03 bits per heavy atom. The van der Waals surface area contributed by atoms with E-state index >= 15 is 0 Å². The van der Waals surface area contributed by atoms with Gasteiger partial charge in [-0.05, 0) is 55.1 Å². The quantitative estimate of drug-likeness (QED) is 0.288. The van der Waals surface area contributed by atoms with Crippen LogP contribution in [0.4, 0.5) is 22.7 Å². The van der Waals surface area contributed by atoms with Gasteiger partial charge < -0.3 is 14.4 Å². The number of hydrogen-bond acceptors (Lipinski definition) is 2. The molecule has 0 spiro atoms. The number of benzene rings is 5. The second kappa shape index (κ2) is 6.46. The molecule has 0 unspecified atom stereocenters. The number of nitrogens with zero attached hydrogens (tertiary/aromatic N) is 3. The van der Waals surface area contributed by atoms with Gasteiger partial charge in [0, 0.05) is 22.0 Å². The Labute approximate surface area is 216 Å². The van der Waals surface area contributed by atoms with Crippen molar-refractivity contribution in [3.63, 3.8) is 0 Å². The highest BCUT2D eigenvalue weighted by Crippen LogP contribution is 2.59. The fraction of sp³-hybridized carbons (Fsp3) is 0.0909. The predicted molar refractivity (Wildman–Crippen MR) is 157 cm³/mol. The lowest BCUT2D eigenvalue weighted by Gasteiger charge is -2.43. The predicted octanol–water partition coefficient (Wildman–Crippen LogP) is 5.95. The van der Waals surface area contributed by atoms with E-state index in [0.29, 0.717) is 0 Å². The van der Waals surface area contributed by atoms with E-state index in [1.807, 2.05) is 0 Å². The highest BCUT2D eigenvalue weighted by Gasteiger charge is 2.50. The molecule has 0 saturated carbocycles. The summed E-state index contributed by atoms with van der Waals surface area (Å²) in [5.41, 5.74) is 13.0. The van der Waals surface area contributed by atoms with Crippen LogP contribution in [0, 0.1) is 0 Å². The molecule has 37 heavy (non-hydrogen) atoms. The van der Waals surface area contributed by atoms with Crippen molar-refractivity contribution in [2.75, 3.05) is 9.80 Å². The van der Waals surface area contributed by atoms with Crippen LogP contribution in [0.25, 0.3) is 27.5 Å². The molecular weight excluding hydrogens is 449 g/mol. The van der Waals surface area contributed by atoms with Gasteiger partial charge in [0.25, 0.3) is 0 Å². The third-order valence-corrected chi connectivity index (χ3v) is 8.77.